The maximum Gasteiger partial charge on any atom is 0.317 e. The first-order valence-electron chi connectivity index (χ1n) is 9.05. The van der Waals surface area contributed by atoms with Gasteiger partial charge in [-0.25, -0.2) is 17.9 Å². The number of benzene rings is 1. The molecule has 1 heterocycles. The zero-order valence-electron chi connectivity index (χ0n) is 15.4. The van der Waals surface area contributed by atoms with E-state index in [-0.39, 0.29) is 30.3 Å². The van der Waals surface area contributed by atoms with Crippen LogP contribution in [0.1, 0.15) is 31.2 Å². The van der Waals surface area contributed by atoms with Crippen LogP contribution in [0.5, 0.6) is 0 Å². The zero-order chi connectivity index (χ0) is 19.9. The number of rotatable bonds is 9. The SMILES string of the molecule is CNS(=O)(=O)CC1CCCN1C(=O)NC(CCC(=O)O)Cc1ccccc1. The molecule has 0 aromatic heterocycles. The molecule has 8 nitrogen and oxygen atoms in total. The monoisotopic (exact) mass is 397 g/mol. The van der Waals surface area contributed by atoms with Gasteiger partial charge in [0.15, 0.2) is 0 Å². The molecule has 2 atom stereocenters. The van der Waals surface area contributed by atoms with E-state index in [1.807, 2.05) is 30.3 Å². The molecule has 2 rings (SSSR count). The summed E-state index contributed by atoms with van der Waals surface area (Å²) in [6, 6.07) is 8.49. The maximum atomic E-state index is 12.7. The third-order valence-corrected chi connectivity index (χ3v) is 6.17. The van der Waals surface area contributed by atoms with Gasteiger partial charge in [-0.1, -0.05) is 30.3 Å². The van der Waals surface area contributed by atoms with E-state index in [1.165, 1.54) is 7.05 Å². The highest BCUT2D eigenvalue weighted by Crippen LogP contribution is 2.19. The largest absolute Gasteiger partial charge is 0.481 e. The Morgan fingerprint density at radius 1 is 1.30 bits per heavy atom. The number of urea groups is 1. The molecular formula is C18H27N3O5S. The van der Waals surface area contributed by atoms with Crippen molar-refractivity contribution in [1.29, 1.82) is 0 Å². The van der Waals surface area contributed by atoms with E-state index in [1.54, 1.807) is 4.90 Å². The number of sulfonamides is 1. The average molecular weight is 397 g/mol. The Morgan fingerprint density at radius 3 is 2.63 bits per heavy atom. The molecule has 27 heavy (non-hydrogen) atoms. The number of aliphatic carboxylic acids is 1. The van der Waals surface area contributed by atoms with Gasteiger partial charge in [-0.15, -0.1) is 0 Å². The predicted molar refractivity (Wildman–Crippen MR) is 102 cm³/mol. The van der Waals surface area contributed by atoms with Crippen molar-refractivity contribution in [3.8, 4) is 0 Å². The Balaban J connectivity index is 2.03. The lowest BCUT2D eigenvalue weighted by Gasteiger charge is -2.28. The molecule has 1 saturated heterocycles. The quantitative estimate of drug-likeness (QED) is 0.579. The van der Waals surface area contributed by atoms with Crippen molar-refractivity contribution in [3.63, 3.8) is 0 Å². The van der Waals surface area contributed by atoms with Gasteiger partial charge < -0.3 is 15.3 Å². The fraction of sp³-hybridized carbons (Fsp3) is 0.556. The molecule has 2 unspecified atom stereocenters. The number of carboxylic acid groups (broad SMARTS) is 1. The second kappa shape index (κ2) is 9.70. The van der Waals surface area contributed by atoms with E-state index in [4.69, 9.17) is 5.11 Å². The summed E-state index contributed by atoms with van der Waals surface area (Å²) < 4.78 is 25.9. The van der Waals surface area contributed by atoms with E-state index >= 15 is 0 Å². The minimum Gasteiger partial charge on any atom is -0.481 e. The van der Waals surface area contributed by atoms with Crippen molar-refractivity contribution in [1.82, 2.24) is 14.9 Å². The van der Waals surface area contributed by atoms with Crippen LogP contribution < -0.4 is 10.0 Å². The molecule has 150 valence electrons. The van der Waals surface area contributed by atoms with Gasteiger partial charge in [0.25, 0.3) is 0 Å². The molecule has 0 radical (unpaired) electrons. The first kappa shape index (κ1) is 21.2. The Kier molecular flexibility index (Phi) is 7.61. The molecule has 0 spiro atoms. The summed E-state index contributed by atoms with van der Waals surface area (Å²) in [5, 5.41) is 11.9. The number of carboxylic acids is 1. The van der Waals surface area contributed by atoms with Crippen LogP contribution >= 0.6 is 0 Å². The van der Waals surface area contributed by atoms with Gasteiger partial charge in [0, 0.05) is 25.0 Å². The van der Waals surface area contributed by atoms with E-state index in [0.717, 1.165) is 12.0 Å². The fourth-order valence-electron chi connectivity index (χ4n) is 3.29. The summed E-state index contributed by atoms with van der Waals surface area (Å²) in [5.41, 5.74) is 1.00. The molecule has 3 N–H and O–H groups in total. The average Bonchev–Trinajstić information content (AvgIpc) is 3.08. The fourth-order valence-corrected chi connectivity index (χ4v) is 4.31. The first-order valence-corrected chi connectivity index (χ1v) is 10.7. The number of carbonyl (C=O) groups excluding carboxylic acids is 1. The summed E-state index contributed by atoms with van der Waals surface area (Å²) in [6.07, 6.45) is 2.16. The van der Waals surface area contributed by atoms with Crippen LogP contribution in [0.15, 0.2) is 30.3 Å². The Labute approximate surface area is 160 Å². The molecule has 1 aromatic rings. The van der Waals surface area contributed by atoms with Crippen molar-refractivity contribution in [3.05, 3.63) is 35.9 Å². The second-order valence-corrected chi connectivity index (χ2v) is 8.71. The van der Waals surface area contributed by atoms with Crippen LogP contribution in [0.2, 0.25) is 0 Å². The topological polar surface area (TPSA) is 116 Å². The highest BCUT2D eigenvalue weighted by molar-refractivity contribution is 7.89. The lowest BCUT2D eigenvalue weighted by Crippen LogP contribution is -2.49. The molecule has 9 heteroatoms. The zero-order valence-corrected chi connectivity index (χ0v) is 16.2. The molecule has 1 fully saturated rings. The summed E-state index contributed by atoms with van der Waals surface area (Å²) in [4.78, 5) is 25.2. The van der Waals surface area contributed by atoms with Crippen LogP contribution in [-0.2, 0) is 21.2 Å². The van der Waals surface area contributed by atoms with Crippen molar-refractivity contribution < 1.29 is 23.1 Å². The molecule has 1 aromatic carbocycles. The Bertz CT molecular complexity index is 739. The predicted octanol–water partition coefficient (Wildman–Crippen LogP) is 1.19. The first-order chi connectivity index (χ1) is 12.8. The number of likely N-dealkylation sites (tertiary alicyclic amines) is 1. The molecule has 0 aliphatic carbocycles. The third kappa shape index (κ3) is 6.84. The highest BCUT2D eigenvalue weighted by Gasteiger charge is 2.33. The normalized spacial score (nSPS) is 18.3. The maximum absolute atomic E-state index is 12.7. The van der Waals surface area contributed by atoms with Gasteiger partial charge in [0.05, 0.1) is 5.75 Å². The Hall–Kier alpha value is -2.13. The van der Waals surface area contributed by atoms with Gasteiger partial charge in [-0.3, -0.25) is 4.79 Å². The van der Waals surface area contributed by atoms with Crippen LogP contribution in [0, 0.1) is 0 Å². The van der Waals surface area contributed by atoms with Crippen LogP contribution in [0.4, 0.5) is 4.79 Å². The number of nitrogens with zero attached hydrogens (tertiary/aromatic N) is 1. The van der Waals surface area contributed by atoms with E-state index in [9.17, 15) is 18.0 Å². The molecule has 0 bridgehead atoms. The van der Waals surface area contributed by atoms with Crippen molar-refractivity contribution in [2.75, 3.05) is 19.3 Å². The number of carbonyl (C=O) groups is 2. The molecule has 2 amide bonds. The van der Waals surface area contributed by atoms with Crippen molar-refractivity contribution in [2.24, 2.45) is 0 Å². The number of amides is 2. The van der Waals surface area contributed by atoms with E-state index in [2.05, 4.69) is 10.0 Å². The molecule has 1 aliphatic rings. The van der Waals surface area contributed by atoms with Crippen molar-refractivity contribution >= 4 is 22.0 Å². The third-order valence-electron chi connectivity index (χ3n) is 4.72. The van der Waals surface area contributed by atoms with E-state index in [0.29, 0.717) is 25.8 Å². The van der Waals surface area contributed by atoms with Crippen LogP contribution in [-0.4, -0.2) is 61.9 Å². The number of hydrogen-bond acceptors (Lipinski definition) is 4. The smallest absolute Gasteiger partial charge is 0.317 e. The standard InChI is InChI=1S/C18H27N3O5S/c1-19-27(25,26)13-16-8-5-11-21(16)18(24)20-15(9-10-17(22)23)12-14-6-3-2-4-7-14/h2-4,6-7,15-16,19H,5,8-13H2,1H3,(H,20,24)(H,22,23). The minimum absolute atomic E-state index is 0.0463. The van der Waals surface area contributed by atoms with E-state index < -0.39 is 16.0 Å². The van der Waals surface area contributed by atoms with Gasteiger partial charge in [-0.2, -0.15) is 0 Å². The van der Waals surface area contributed by atoms with Crippen LogP contribution in [0.3, 0.4) is 0 Å². The summed E-state index contributed by atoms with van der Waals surface area (Å²) in [7, 11) is -2.06. The second-order valence-electron chi connectivity index (χ2n) is 6.74. The highest BCUT2D eigenvalue weighted by atomic mass is 32.2. The number of hydrogen-bond donors (Lipinski definition) is 3. The Morgan fingerprint density at radius 2 is 2.00 bits per heavy atom. The lowest BCUT2D eigenvalue weighted by molar-refractivity contribution is -0.137. The lowest BCUT2D eigenvalue weighted by atomic mass is 10.0. The van der Waals surface area contributed by atoms with Crippen LogP contribution in [0.25, 0.3) is 0 Å². The number of nitrogens with one attached hydrogen (secondary N) is 2. The van der Waals surface area contributed by atoms with Gasteiger partial charge in [0.2, 0.25) is 10.0 Å². The summed E-state index contributed by atoms with van der Waals surface area (Å²) in [6.45, 7) is 0.493. The van der Waals surface area contributed by atoms with Crippen molar-refractivity contribution in [2.45, 2.75) is 44.2 Å². The molecule has 0 saturated carbocycles. The summed E-state index contributed by atoms with van der Waals surface area (Å²) >= 11 is 0. The molecule has 1 aliphatic heterocycles. The minimum atomic E-state index is -3.42. The van der Waals surface area contributed by atoms with Gasteiger partial charge >= 0.3 is 12.0 Å². The van der Waals surface area contributed by atoms with Gasteiger partial charge in [-0.05, 0) is 38.3 Å². The molecular weight excluding hydrogens is 370 g/mol. The summed E-state index contributed by atoms with van der Waals surface area (Å²) in [5.74, 6) is -1.04. The van der Waals surface area contributed by atoms with Gasteiger partial charge in [0.1, 0.15) is 0 Å².